The Bertz CT molecular complexity index is 944. The quantitative estimate of drug-likeness (QED) is 0.672. The van der Waals surface area contributed by atoms with Crippen LogP contribution in [0.1, 0.15) is 23.3 Å². The van der Waals surface area contributed by atoms with Gasteiger partial charge in [-0.05, 0) is 12.8 Å². The van der Waals surface area contributed by atoms with Crippen molar-refractivity contribution in [2.24, 2.45) is 0 Å². The maximum Gasteiger partial charge on any atom is 0.278 e. The van der Waals surface area contributed by atoms with Crippen LogP contribution in [0.15, 0.2) is 53.3 Å². The molecule has 1 saturated heterocycles. The number of carbonyl (C=O) groups is 1. The Balaban J connectivity index is 1.44. The number of carbonyl (C=O) groups excluding carboxylic acids is 1. The number of methoxy groups -OCH3 is 1. The minimum Gasteiger partial charge on any atom is -0.477 e. The molecule has 3 aromatic rings. The summed E-state index contributed by atoms with van der Waals surface area (Å²) in [4.78, 5) is 22.8. The zero-order valence-electron chi connectivity index (χ0n) is 15.4. The van der Waals surface area contributed by atoms with Crippen LogP contribution in [0.4, 0.5) is 0 Å². The van der Waals surface area contributed by atoms with Gasteiger partial charge in [0.05, 0.1) is 13.7 Å². The third kappa shape index (κ3) is 3.80. The van der Waals surface area contributed by atoms with Crippen LogP contribution >= 0.6 is 0 Å². The second-order valence-corrected chi connectivity index (χ2v) is 6.45. The molecule has 144 valence electrons. The number of nitrogens with zero attached hydrogens (tertiary/aromatic N) is 4. The fourth-order valence-corrected chi connectivity index (χ4v) is 3.19. The molecule has 28 heavy (non-hydrogen) atoms. The van der Waals surface area contributed by atoms with Gasteiger partial charge in [-0.1, -0.05) is 35.5 Å². The molecule has 0 N–H and O–H groups in total. The molecule has 0 bridgehead atoms. The van der Waals surface area contributed by atoms with Gasteiger partial charge in [-0.25, -0.2) is 9.97 Å². The van der Waals surface area contributed by atoms with E-state index in [0.717, 1.165) is 18.4 Å². The van der Waals surface area contributed by atoms with Gasteiger partial charge in [-0.3, -0.25) is 4.79 Å². The van der Waals surface area contributed by atoms with E-state index in [9.17, 15) is 4.79 Å². The lowest BCUT2D eigenvalue weighted by Crippen LogP contribution is -2.44. The van der Waals surface area contributed by atoms with Crippen LogP contribution in [-0.4, -0.2) is 52.2 Å². The van der Waals surface area contributed by atoms with Crippen LogP contribution in [0, 0.1) is 0 Å². The number of hydrogen-bond donors (Lipinski definition) is 0. The Morgan fingerprint density at radius 2 is 1.96 bits per heavy atom. The smallest absolute Gasteiger partial charge is 0.278 e. The van der Waals surface area contributed by atoms with E-state index in [1.54, 1.807) is 17.2 Å². The van der Waals surface area contributed by atoms with Crippen molar-refractivity contribution in [3.05, 3.63) is 54.5 Å². The number of amides is 1. The Kier molecular flexibility index (Phi) is 5.18. The molecule has 8 heteroatoms. The predicted molar refractivity (Wildman–Crippen MR) is 100 cm³/mol. The summed E-state index contributed by atoms with van der Waals surface area (Å²) in [5.41, 5.74) is 1.17. The van der Waals surface area contributed by atoms with Crippen LogP contribution in [-0.2, 0) is 0 Å². The lowest BCUT2D eigenvalue weighted by atomic mass is 10.1. The first-order valence-corrected chi connectivity index (χ1v) is 9.07. The molecular formula is C20H20N4O4. The number of benzene rings is 1. The number of rotatable bonds is 5. The Labute approximate surface area is 162 Å². The summed E-state index contributed by atoms with van der Waals surface area (Å²) in [7, 11) is 1.52. The second kappa shape index (κ2) is 8.08. The molecule has 1 aliphatic heterocycles. The molecule has 1 aromatic carbocycles. The van der Waals surface area contributed by atoms with Crippen molar-refractivity contribution in [1.29, 1.82) is 0 Å². The van der Waals surface area contributed by atoms with Crippen LogP contribution in [0.25, 0.3) is 11.3 Å². The molecule has 1 aliphatic rings. The van der Waals surface area contributed by atoms with Gasteiger partial charge >= 0.3 is 0 Å². The van der Waals surface area contributed by atoms with E-state index in [2.05, 4.69) is 15.1 Å². The first-order chi connectivity index (χ1) is 13.7. The van der Waals surface area contributed by atoms with E-state index in [4.69, 9.17) is 14.0 Å². The molecule has 0 radical (unpaired) electrons. The van der Waals surface area contributed by atoms with E-state index in [1.807, 2.05) is 30.3 Å². The van der Waals surface area contributed by atoms with Crippen molar-refractivity contribution >= 4 is 5.91 Å². The molecule has 3 heterocycles. The third-order valence-electron chi connectivity index (χ3n) is 4.56. The molecule has 1 atom stereocenters. The maximum atomic E-state index is 12.9. The number of ether oxygens (including phenoxy) is 2. The first kappa shape index (κ1) is 18.0. The number of likely N-dealkylation sites (tertiary alicyclic amines) is 1. The standard InChI is InChI=1S/C20H20N4O4/c1-26-18-19(22-10-9-21-18)27-15-8-5-11-24(13-15)20(25)16-12-17(28-23-16)14-6-3-2-4-7-14/h2-4,6-7,9-10,12,15H,5,8,11,13H2,1H3. The number of aromatic nitrogens is 3. The van der Waals surface area contributed by atoms with Gasteiger partial charge in [-0.15, -0.1) is 0 Å². The average Bonchev–Trinajstić information content (AvgIpc) is 3.25. The van der Waals surface area contributed by atoms with E-state index in [-0.39, 0.29) is 17.7 Å². The molecule has 4 rings (SSSR count). The molecular weight excluding hydrogens is 360 g/mol. The third-order valence-corrected chi connectivity index (χ3v) is 4.56. The van der Waals surface area contributed by atoms with Crippen LogP contribution in [0.5, 0.6) is 11.8 Å². The van der Waals surface area contributed by atoms with Crippen molar-refractivity contribution in [2.45, 2.75) is 18.9 Å². The molecule has 1 fully saturated rings. The lowest BCUT2D eigenvalue weighted by molar-refractivity contribution is 0.0510. The van der Waals surface area contributed by atoms with Crippen LogP contribution < -0.4 is 9.47 Å². The fraction of sp³-hybridized carbons (Fsp3) is 0.300. The van der Waals surface area contributed by atoms with E-state index < -0.39 is 0 Å². The highest BCUT2D eigenvalue weighted by Crippen LogP contribution is 2.25. The minimum atomic E-state index is -0.191. The summed E-state index contributed by atoms with van der Waals surface area (Å²) in [6.45, 7) is 1.08. The normalized spacial score (nSPS) is 16.6. The largest absolute Gasteiger partial charge is 0.477 e. The predicted octanol–water partition coefficient (Wildman–Crippen LogP) is 2.82. The molecule has 1 amide bonds. The van der Waals surface area contributed by atoms with E-state index in [0.29, 0.717) is 30.6 Å². The monoisotopic (exact) mass is 380 g/mol. The Hall–Kier alpha value is -3.42. The SMILES string of the molecule is COc1nccnc1OC1CCCN(C(=O)c2cc(-c3ccccc3)on2)C1. The van der Waals surface area contributed by atoms with Gasteiger partial charge < -0.3 is 18.9 Å². The van der Waals surface area contributed by atoms with Gasteiger partial charge in [0.1, 0.15) is 6.10 Å². The number of piperidine rings is 1. The molecule has 0 saturated carbocycles. The van der Waals surface area contributed by atoms with Crippen LogP contribution in [0.2, 0.25) is 0 Å². The Morgan fingerprint density at radius 1 is 1.18 bits per heavy atom. The highest BCUT2D eigenvalue weighted by molar-refractivity contribution is 5.93. The first-order valence-electron chi connectivity index (χ1n) is 9.07. The van der Waals surface area contributed by atoms with Gasteiger partial charge in [-0.2, -0.15) is 0 Å². The second-order valence-electron chi connectivity index (χ2n) is 6.45. The average molecular weight is 380 g/mol. The van der Waals surface area contributed by atoms with E-state index in [1.165, 1.54) is 13.3 Å². The topological polar surface area (TPSA) is 90.6 Å². The van der Waals surface area contributed by atoms with Crippen molar-refractivity contribution in [3.63, 3.8) is 0 Å². The maximum absolute atomic E-state index is 12.9. The van der Waals surface area contributed by atoms with Crippen molar-refractivity contribution in [1.82, 2.24) is 20.0 Å². The Morgan fingerprint density at radius 3 is 2.75 bits per heavy atom. The summed E-state index contributed by atoms with van der Waals surface area (Å²) < 4.78 is 16.5. The van der Waals surface area contributed by atoms with Gasteiger partial charge in [0.2, 0.25) is 0 Å². The van der Waals surface area contributed by atoms with E-state index >= 15 is 0 Å². The highest BCUT2D eigenvalue weighted by atomic mass is 16.5. The molecule has 2 aromatic heterocycles. The van der Waals surface area contributed by atoms with Gasteiger partial charge in [0.15, 0.2) is 11.5 Å². The summed E-state index contributed by atoms with van der Waals surface area (Å²) in [5.74, 6) is 1.05. The van der Waals surface area contributed by atoms with Crippen molar-refractivity contribution in [3.8, 4) is 23.1 Å². The summed E-state index contributed by atoms with van der Waals surface area (Å²) in [5, 5.41) is 3.95. The van der Waals surface area contributed by atoms with Crippen molar-refractivity contribution in [2.75, 3.05) is 20.2 Å². The fourth-order valence-electron chi connectivity index (χ4n) is 3.19. The van der Waals surface area contributed by atoms with Gasteiger partial charge in [0.25, 0.3) is 17.7 Å². The summed E-state index contributed by atoms with van der Waals surface area (Å²) in [6, 6.07) is 11.2. The minimum absolute atomic E-state index is 0.176. The van der Waals surface area contributed by atoms with Crippen molar-refractivity contribution < 1.29 is 18.8 Å². The number of hydrogen-bond acceptors (Lipinski definition) is 7. The zero-order chi connectivity index (χ0) is 19.3. The molecule has 8 nitrogen and oxygen atoms in total. The zero-order valence-corrected chi connectivity index (χ0v) is 15.4. The summed E-state index contributed by atoms with van der Waals surface area (Å²) in [6.07, 6.45) is 4.53. The van der Waals surface area contributed by atoms with Gasteiger partial charge in [0, 0.05) is 30.6 Å². The highest BCUT2D eigenvalue weighted by Gasteiger charge is 2.28. The molecule has 1 unspecified atom stereocenters. The van der Waals surface area contributed by atoms with Crippen LogP contribution in [0.3, 0.4) is 0 Å². The lowest BCUT2D eigenvalue weighted by Gasteiger charge is -2.32. The molecule has 0 aliphatic carbocycles. The summed E-state index contributed by atoms with van der Waals surface area (Å²) >= 11 is 0. The molecule has 0 spiro atoms.